The highest BCUT2D eigenvalue weighted by molar-refractivity contribution is 8.14. The van der Waals surface area contributed by atoms with Gasteiger partial charge < -0.3 is 0 Å². The van der Waals surface area contributed by atoms with Gasteiger partial charge in [-0.1, -0.05) is 24.3 Å². The fraction of sp³-hybridized carbons (Fsp3) is 0.381. The minimum absolute atomic E-state index is 0.400. The molecule has 3 heterocycles. The summed E-state index contributed by atoms with van der Waals surface area (Å²) in [4.78, 5) is 18.7. The lowest BCUT2D eigenvalue weighted by atomic mass is 10.1. The highest BCUT2D eigenvalue weighted by atomic mass is 32.2. The van der Waals surface area contributed by atoms with Crippen LogP contribution in [0.3, 0.4) is 0 Å². The highest BCUT2D eigenvalue weighted by Gasteiger charge is 2.44. The molecule has 5 rings (SSSR count). The summed E-state index contributed by atoms with van der Waals surface area (Å²) in [6.45, 7) is 5.79. The van der Waals surface area contributed by atoms with Gasteiger partial charge in [-0.3, -0.25) is 0 Å². The van der Waals surface area contributed by atoms with E-state index in [-0.39, 0.29) is 0 Å². The van der Waals surface area contributed by atoms with Crippen molar-refractivity contribution < 1.29 is 0 Å². The quantitative estimate of drug-likeness (QED) is 0.796. The Labute approximate surface area is 168 Å². The van der Waals surface area contributed by atoms with Crippen LogP contribution in [0, 0.1) is 32.6 Å². The number of hydrogen-bond donors (Lipinski definition) is 0. The van der Waals surface area contributed by atoms with Crippen molar-refractivity contribution in [3.05, 3.63) is 65.3 Å². The number of aliphatic imine (C=N–C) groups is 1. The Balaban J connectivity index is 1.42. The van der Waals surface area contributed by atoms with E-state index in [1.807, 2.05) is 32.5 Å². The van der Waals surface area contributed by atoms with Crippen LogP contribution in [0.4, 0.5) is 0 Å². The van der Waals surface area contributed by atoms with Gasteiger partial charge in [0.05, 0.1) is 16.4 Å². The van der Waals surface area contributed by atoms with Gasteiger partial charge in [0, 0.05) is 29.6 Å². The summed E-state index contributed by atoms with van der Waals surface area (Å²) in [7, 11) is 0. The molecule has 2 aromatic heterocycles. The van der Waals surface area contributed by atoms with Gasteiger partial charge in [-0.05, 0) is 33.3 Å². The van der Waals surface area contributed by atoms with Crippen molar-refractivity contribution in [1.82, 2.24) is 24.7 Å². The van der Waals surface area contributed by atoms with Crippen molar-refractivity contribution in [1.29, 1.82) is 0 Å². The molecule has 1 saturated carbocycles. The number of aryl methyl sites for hydroxylation is 3. The molecule has 0 radical (unpaired) electrons. The normalized spacial score (nSPS) is 25.8. The maximum Gasteiger partial charge on any atom is 0.159 e. The molecule has 7 heteroatoms. The number of hydrogen-bond acceptors (Lipinski definition) is 6. The molecule has 1 fully saturated rings. The molecule has 0 spiro atoms. The number of fused-ring (bicyclic) bond motifs is 1. The molecule has 3 aliphatic rings. The van der Waals surface area contributed by atoms with Crippen LogP contribution >= 0.6 is 11.8 Å². The fourth-order valence-electron chi connectivity index (χ4n) is 3.81. The van der Waals surface area contributed by atoms with E-state index in [0.29, 0.717) is 17.8 Å². The molecule has 2 aliphatic carbocycles. The third kappa shape index (κ3) is 3.35. The number of nitrogens with zero attached hydrogens (tertiary/aromatic N) is 6. The van der Waals surface area contributed by atoms with Crippen LogP contribution < -0.4 is 0 Å². The third-order valence-corrected chi connectivity index (χ3v) is 6.45. The summed E-state index contributed by atoms with van der Waals surface area (Å²) in [5, 5.41) is 5.71. The summed E-state index contributed by atoms with van der Waals surface area (Å²) in [5.41, 5.74) is 2.16. The van der Waals surface area contributed by atoms with Crippen molar-refractivity contribution in [3.8, 4) is 5.82 Å². The van der Waals surface area contributed by atoms with Crippen LogP contribution in [0.5, 0.6) is 0 Å². The first-order chi connectivity index (χ1) is 13.6. The summed E-state index contributed by atoms with van der Waals surface area (Å²) in [5.74, 6) is 5.51. The highest BCUT2D eigenvalue weighted by Crippen LogP contribution is 2.51. The van der Waals surface area contributed by atoms with Crippen molar-refractivity contribution >= 4 is 16.8 Å². The van der Waals surface area contributed by atoms with Gasteiger partial charge in [0.25, 0.3) is 0 Å². The van der Waals surface area contributed by atoms with Crippen molar-refractivity contribution in [2.75, 3.05) is 5.75 Å². The summed E-state index contributed by atoms with van der Waals surface area (Å²) >= 11 is 1.89. The first-order valence-corrected chi connectivity index (χ1v) is 10.6. The molecule has 1 aliphatic heterocycles. The van der Waals surface area contributed by atoms with Gasteiger partial charge in [-0.2, -0.15) is 4.68 Å². The van der Waals surface area contributed by atoms with Crippen molar-refractivity contribution in [2.24, 2.45) is 16.8 Å². The average Bonchev–Trinajstić information content (AvgIpc) is 3.44. The van der Waals surface area contributed by atoms with E-state index in [4.69, 9.17) is 9.98 Å². The standard InChI is InChI=1S/C21H22N6S/c1-12-23-19(10-20(24-12)27-14(3)22-13(2)26-27)17-9-18(17)21-25-16-7-5-4-6-15(8-16)11-28-21/h4-8,10,15,17-18H,9,11H2,1-3H3. The van der Waals surface area contributed by atoms with E-state index < -0.39 is 0 Å². The van der Waals surface area contributed by atoms with Crippen molar-refractivity contribution in [2.45, 2.75) is 33.1 Å². The van der Waals surface area contributed by atoms with Gasteiger partial charge in [0.2, 0.25) is 0 Å². The third-order valence-electron chi connectivity index (χ3n) is 5.21. The zero-order valence-corrected chi connectivity index (χ0v) is 17.0. The lowest BCUT2D eigenvalue weighted by Gasteiger charge is -2.08. The van der Waals surface area contributed by atoms with Gasteiger partial charge in [0.1, 0.15) is 17.5 Å². The minimum atomic E-state index is 0.400. The van der Waals surface area contributed by atoms with Gasteiger partial charge in [0.15, 0.2) is 5.82 Å². The van der Waals surface area contributed by atoms with Crippen LogP contribution in [0.1, 0.15) is 35.5 Å². The Bertz CT molecular complexity index is 1060. The predicted molar refractivity (Wildman–Crippen MR) is 112 cm³/mol. The molecule has 0 aromatic carbocycles. The molecule has 2 aromatic rings. The molecule has 0 N–H and O–H groups in total. The SMILES string of the molecule is Cc1nc(C2CC2C2=NC3=CC(C=CC=C3)CS2)cc(-n2nc(C)nc2C)n1. The largest absolute Gasteiger partial charge is 0.247 e. The zero-order chi connectivity index (χ0) is 19.3. The fourth-order valence-corrected chi connectivity index (χ4v) is 5.02. The van der Waals surface area contributed by atoms with Gasteiger partial charge in [-0.25, -0.2) is 19.9 Å². The van der Waals surface area contributed by atoms with E-state index in [2.05, 4.69) is 51.5 Å². The molecule has 2 bridgehead atoms. The lowest BCUT2D eigenvalue weighted by molar-refractivity contribution is 0.778. The molecule has 3 unspecified atom stereocenters. The number of aromatic nitrogens is 5. The summed E-state index contributed by atoms with van der Waals surface area (Å²) in [6, 6.07) is 2.06. The number of allylic oxidation sites excluding steroid dienone is 5. The van der Waals surface area contributed by atoms with Crippen LogP contribution in [0.25, 0.3) is 5.82 Å². The molecule has 6 nitrogen and oxygen atoms in total. The maximum absolute atomic E-state index is 4.96. The molecule has 0 saturated heterocycles. The first-order valence-electron chi connectivity index (χ1n) is 9.61. The van der Waals surface area contributed by atoms with Gasteiger partial charge in [-0.15, -0.1) is 16.9 Å². The second-order valence-electron chi connectivity index (χ2n) is 7.53. The average molecular weight is 391 g/mol. The van der Waals surface area contributed by atoms with E-state index in [0.717, 1.165) is 46.9 Å². The van der Waals surface area contributed by atoms with Crippen LogP contribution in [-0.2, 0) is 0 Å². The second kappa shape index (κ2) is 6.81. The second-order valence-corrected chi connectivity index (χ2v) is 8.57. The minimum Gasteiger partial charge on any atom is -0.247 e. The molecular weight excluding hydrogens is 368 g/mol. The molecule has 142 valence electrons. The van der Waals surface area contributed by atoms with Crippen molar-refractivity contribution in [3.63, 3.8) is 0 Å². The number of rotatable bonds is 3. The first kappa shape index (κ1) is 17.6. The molecule has 3 atom stereocenters. The van der Waals surface area contributed by atoms with Crippen LogP contribution in [0.2, 0.25) is 0 Å². The Kier molecular flexibility index (Phi) is 4.27. The van der Waals surface area contributed by atoms with E-state index in [1.165, 1.54) is 5.04 Å². The van der Waals surface area contributed by atoms with Crippen LogP contribution in [-0.4, -0.2) is 35.5 Å². The Morgan fingerprint density at radius 1 is 1.04 bits per heavy atom. The lowest BCUT2D eigenvalue weighted by Crippen LogP contribution is -2.07. The summed E-state index contributed by atoms with van der Waals surface area (Å²) < 4.78 is 1.80. The predicted octanol–water partition coefficient (Wildman–Crippen LogP) is 3.86. The van der Waals surface area contributed by atoms with E-state index in [9.17, 15) is 0 Å². The Hall–Kier alpha value is -2.54. The van der Waals surface area contributed by atoms with E-state index >= 15 is 0 Å². The summed E-state index contributed by atoms with van der Waals surface area (Å²) in [6.07, 6.45) is 11.9. The Morgan fingerprint density at radius 3 is 2.75 bits per heavy atom. The van der Waals surface area contributed by atoms with Crippen LogP contribution in [0.15, 0.2) is 47.1 Å². The Morgan fingerprint density at radius 2 is 1.93 bits per heavy atom. The zero-order valence-electron chi connectivity index (χ0n) is 16.2. The topological polar surface area (TPSA) is 68.8 Å². The molecular formula is C21H22N6S. The maximum atomic E-state index is 4.96. The smallest absolute Gasteiger partial charge is 0.159 e. The molecule has 28 heavy (non-hydrogen) atoms. The van der Waals surface area contributed by atoms with E-state index in [1.54, 1.807) is 4.68 Å². The van der Waals surface area contributed by atoms with Gasteiger partial charge >= 0.3 is 0 Å². The number of thioether (sulfide) groups is 1. The molecule has 0 amide bonds. The monoisotopic (exact) mass is 390 g/mol.